The first-order valence-corrected chi connectivity index (χ1v) is 9.41. The lowest BCUT2D eigenvalue weighted by molar-refractivity contribution is 0.322. The SMILES string of the molecule is CCOc1ncccc1CNC(=NC)N1CCC(c2ccc(OC)cc2)C1.I. The van der Waals surface area contributed by atoms with Gasteiger partial charge in [0, 0.05) is 44.4 Å². The van der Waals surface area contributed by atoms with Crippen LogP contribution in [0.4, 0.5) is 0 Å². The standard InChI is InChI=1S/C21H28N4O2.HI/c1-4-27-20-17(6-5-12-23-20)14-24-21(22-2)25-13-11-18(15-25)16-7-9-19(26-3)10-8-16;/h5-10,12,18H,4,11,13-15H2,1-3H3,(H,22,24);1H. The molecule has 2 heterocycles. The largest absolute Gasteiger partial charge is 0.497 e. The summed E-state index contributed by atoms with van der Waals surface area (Å²) < 4.78 is 10.9. The number of rotatable bonds is 6. The van der Waals surface area contributed by atoms with Gasteiger partial charge in [-0.25, -0.2) is 4.98 Å². The minimum absolute atomic E-state index is 0. The highest BCUT2D eigenvalue weighted by Gasteiger charge is 2.26. The van der Waals surface area contributed by atoms with E-state index in [0.717, 1.165) is 36.8 Å². The number of nitrogens with one attached hydrogen (secondary N) is 1. The van der Waals surface area contributed by atoms with Crippen molar-refractivity contribution >= 4 is 29.9 Å². The van der Waals surface area contributed by atoms with Gasteiger partial charge in [0.25, 0.3) is 0 Å². The Kier molecular flexibility index (Phi) is 8.82. The van der Waals surface area contributed by atoms with Gasteiger partial charge in [0.1, 0.15) is 5.75 Å². The second-order valence-electron chi connectivity index (χ2n) is 6.51. The quantitative estimate of drug-likeness (QED) is 0.376. The normalized spacial score (nSPS) is 16.5. The number of hydrogen-bond acceptors (Lipinski definition) is 4. The highest BCUT2D eigenvalue weighted by molar-refractivity contribution is 14.0. The average Bonchev–Trinajstić information content (AvgIpc) is 3.20. The summed E-state index contributed by atoms with van der Waals surface area (Å²) in [5.74, 6) is 3.00. The van der Waals surface area contributed by atoms with Crippen LogP contribution in [0.2, 0.25) is 0 Å². The van der Waals surface area contributed by atoms with E-state index in [1.165, 1.54) is 5.56 Å². The number of aliphatic imine (C=N–C) groups is 1. The summed E-state index contributed by atoms with van der Waals surface area (Å²) in [6, 6.07) is 12.3. The molecule has 1 aromatic carbocycles. The van der Waals surface area contributed by atoms with Crippen molar-refractivity contribution in [3.05, 3.63) is 53.7 Å². The zero-order chi connectivity index (χ0) is 19.1. The zero-order valence-corrected chi connectivity index (χ0v) is 19.1. The molecule has 1 aliphatic heterocycles. The third-order valence-electron chi connectivity index (χ3n) is 4.85. The molecule has 6 nitrogen and oxygen atoms in total. The van der Waals surface area contributed by atoms with Crippen molar-refractivity contribution in [1.82, 2.24) is 15.2 Å². The van der Waals surface area contributed by atoms with Gasteiger partial charge in [-0.3, -0.25) is 4.99 Å². The zero-order valence-electron chi connectivity index (χ0n) is 16.7. The average molecular weight is 496 g/mol. The van der Waals surface area contributed by atoms with Gasteiger partial charge in [0.2, 0.25) is 5.88 Å². The van der Waals surface area contributed by atoms with Gasteiger partial charge >= 0.3 is 0 Å². The lowest BCUT2D eigenvalue weighted by Gasteiger charge is -2.22. The van der Waals surface area contributed by atoms with Crippen LogP contribution in [0.3, 0.4) is 0 Å². The minimum Gasteiger partial charge on any atom is -0.497 e. The van der Waals surface area contributed by atoms with E-state index in [9.17, 15) is 0 Å². The molecule has 1 N–H and O–H groups in total. The van der Waals surface area contributed by atoms with Crippen LogP contribution in [-0.4, -0.2) is 49.7 Å². The first-order chi connectivity index (χ1) is 13.2. The molecule has 0 saturated carbocycles. The van der Waals surface area contributed by atoms with Crippen LogP contribution in [0.15, 0.2) is 47.6 Å². The highest BCUT2D eigenvalue weighted by atomic mass is 127. The molecule has 0 aliphatic carbocycles. The minimum atomic E-state index is 0. The van der Waals surface area contributed by atoms with E-state index in [0.29, 0.717) is 24.9 Å². The number of ether oxygens (including phenoxy) is 2. The van der Waals surface area contributed by atoms with Gasteiger partial charge in [-0.1, -0.05) is 18.2 Å². The smallest absolute Gasteiger partial charge is 0.218 e. The Hall–Kier alpha value is -2.03. The van der Waals surface area contributed by atoms with Crippen LogP contribution >= 0.6 is 24.0 Å². The fourth-order valence-corrected chi connectivity index (χ4v) is 3.43. The van der Waals surface area contributed by atoms with Crippen LogP contribution in [0, 0.1) is 0 Å². The first kappa shape index (κ1) is 22.3. The summed E-state index contributed by atoms with van der Waals surface area (Å²) in [6.07, 6.45) is 2.87. The van der Waals surface area contributed by atoms with E-state index >= 15 is 0 Å². The van der Waals surface area contributed by atoms with Crippen LogP contribution in [-0.2, 0) is 6.54 Å². The maximum atomic E-state index is 5.61. The van der Waals surface area contributed by atoms with Crippen LogP contribution < -0.4 is 14.8 Å². The summed E-state index contributed by atoms with van der Waals surface area (Å²) in [4.78, 5) is 11.1. The Labute approximate surface area is 184 Å². The van der Waals surface area contributed by atoms with Crippen LogP contribution in [0.1, 0.15) is 30.4 Å². The molecule has 0 spiro atoms. The van der Waals surface area contributed by atoms with Gasteiger partial charge in [-0.2, -0.15) is 0 Å². The Morgan fingerprint density at radius 2 is 2.07 bits per heavy atom. The lowest BCUT2D eigenvalue weighted by atomic mass is 9.98. The Morgan fingerprint density at radius 3 is 2.75 bits per heavy atom. The second-order valence-corrected chi connectivity index (χ2v) is 6.51. The number of nitrogens with zero attached hydrogens (tertiary/aromatic N) is 3. The fourth-order valence-electron chi connectivity index (χ4n) is 3.43. The molecule has 28 heavy (non-hydrogen) atoms. The molecule has 3 rings (SSSR count). The molecule has 0 radical (unpaired) electrons. The third-order valence-corrected chi connectivity index (χ3v) is 4.85. The summed E-state index contributed by atoms with van der Waals surface area (Å²) in [7, 11) is 3.52. The van der Waals surface area contributed by atoms with E-state index in [1.54, 1.807) is 13.3 Å². The molecule has 1 atom stereocenters. The van der Waals surface area contributed by atoms with E-state index in [2.05, 4.69) is 32.3 Å². The molecule has 1 aliphatic rings. The van der Waals surface area contributed by atoms with Crippen LogP contribution in [0.5, 0.6) is 11.6 Å². The molecular weight excluding hydrogens is 467 g/mol. The predicted octanol–water partition coefficient (Wildman–Crippen LogP) is 3.67. The number of methoxy groups -OCH3 is 1. The monoisotopic (exact) mass is 496 g/mol. The Morgan fingerprint density at radius 1 is 1.29 bits per heavy atom. The number of hydrogen-bond donors (Lipinski definition) is 1. The number of aromatic nitrogens is 1. The molecule has 1 saturated heterocycles. The van der Waals surface area contributed by atoms with E-state index in [-0.39, 0.29) is 24.0 Å². The molecular formula is C21H29IN4O2. The van der Waals surface area contributed by atoms with Crippen molar-refractivity contribution in [2.24, 2.45) is 4.99 Å². The van der Waals surface area contributed by atoms with E-state index in [4.69, 9.17) is 9.47 Å². The van der Waals surface area contributed by atoms with Gasteiger partial charge < -0.3 is 19.7 Å². The Bertz CT molecular complexity index is 767. The van der Waals surface area contributed by atoms with Gasteiger partial charge in [0.15, 0.2) is 5.96 Å². The maximum Gasteiger partial charge on any atom is 0.218 e. The van der Waals surface area contributed by atoms with Crippen molar-refractivity contribution in [1.29, 1.82) is 0 Å². The molecule has 0 bridgehead atoms. The number of likely N-dealkylation sites (tertiary alicyclic amines) is 1. The van der Waals surface area contributed by atoms with E-state index < -0.39 is 0 Å². The Balaban J connectivity index is 0.00000280. The number of benzene rings is 1. The summed E-state index contributed by atoms with van der Waals surface area (Å²) in [5, 5.41) is 3.45. The molecule has 0 amide bonds. The highest BCUT2D eigenvalue weighted by Crippen LogP contribution is 2.28. The molecule has 2 aromatic rings. The summed E-state index contributed by atoms with van der Waals surface area (Å²) in [6.45, 7) is 5.15. The second kappa shape index (κ2) is 11.1. The lowest BCUT2D eigenvalue weighted by Crippen LogP contribution is -2.39. The molecule has 1 fully saturated rings. The van der Waals surface area contributed by atoms with Crippen LogP contribution in [0.25, 0.3) is 0 Å². The maximum absolute atomic E-state index is 5.61. The summed E-state index contributed by atoms with van der Waals surface area (Å²) in [5.41, 5.74) is 2.38. The van der Waals surface area contributed by atoms with Gasteiger partial charge in [-0.05, 0) is 37.1 Å². The number of pyridine rings is 1. The molecule has 1 aromatic heterocycles. The van der Waals surface area contributed by atoms with Crippen molar-refractivity contribution in [2.45, 2.75) is 25.8 Å². The van der Waals surface area contributed by atoms with Crippen molar-refractivity contribution in [2.75, 3.05) is 33.9 Å². The first-order valence-electron chi connectivity index (χ1n) is 9.41. The molecule has 152 valence electrons. The molecule has 7 heteroatoms. The fraction of sp³-hybridized carbons (Fsp3) is 0.429. The van der Waals surface area contributed by atoms with Crippen molar-refractivity contribution in [3.8, 4) is 11.6 Å². The number of guanidine groups is 1. The van der Waals surface area contributed by atoms with Crippen molar-refractivity contribution < 1.29 is 9.47 Å². The van der Waals surface area contributed by atoms with E-state index in [1.807, 2.05) is 38.2 Å². The summed E-state index contributed by atoms with van der Waals surface area (Å²) >= 11 is 0. The topological polar surface area (TPSA) is 59.0 Å². The van der Waals surface area contributed by atoms with Crippen molar-refractivity contribution in [3.63, 3.8) is 0 Å². The van der Waals surface area contributed by atoms with Gasteiger partial charge in [-0.15, -0.1) is 24.0 Å². The number of halogens is 1. The predicted molar refractivity (Wildman–Crippen MR) is 123 cm³/mol. The third kappa shape index (κ3) is 5.50. The van der Waals surface area contributed by atoms with Gasteiger partial charge in [0.05, 0.1) is 13.7 Å². The molecule has 1 unspecified atom stereocenters.